The molecule has 0 aliphatic heterocycles. The van der Waals surface area contributed by atoms with Gasteiger partial charge in [-0.3, -0.25) is 0 Å². The van der Waals surface area contributed by atoms with Crippen LogP contribution < -0.4 is 4.90 Å². The molecule has 0 N–H and O–H groups in total. The van der Waals surface area contributed by atoms with E-state index < -0.39 is 5.41 Å². The molecule has 65 heavy (non-hydrogen) atoms. The van der Waals surface area contributed by atoms with Gasteiger partial charge in [0.2, 0.25) is 0 Å². The summed E-state index contributed by atoms with van der Waals surface area (Å²) in [5.41, 5.74) is 17.3. The Morgan fingerprint density at radius 1 is 0.354 bits per heavy atom. The zero-order valence-electron chi connectivity index (χ0n) is 35.4. The number of anilines is 3. The molecule has 13 rings (SSSR count). The van der Waals surface area contributed by atoms with Gasteiger partial charge < -0.3 is 9.32 Å². The third kappa shape index (κ3) is 5.72. The normalized spacial score (nSPS) is 12.7. The molecule has 0 atom stereocenters. The van der Waals surface area contributed by atoms with E-state index in [2.05, 4.69) is 235 Å². The average molecular weight is 829 g/mol. The second-order valence-electron chi connectivity index (χ2n) is 17.0. The number of furan rings is 1. The fourth-order valence-corrected chi connectivity index (χ4v) is 10.7. The van der Waals surface area contributed by atoms with Gasteiger partial charge in [-0.15, -0.1) is 0 Å². The Labute approximate surface area is 377 Å². The summed E-state index contributed by atoms with van der Waals surface area (Å²) in [5.74, 6) is 0. The van der Waals surface area contributed by atoms with E-state index in [9.17, 15) is 0 Å². The van der Waals surface area contributed by atoms with Gasteiger partial charge in [0.1, 0.15) is 11.2 Å². The summed E-state index contributed by atoms with van der Waals surface area (Å²) in [4.78, 5) is 7.81. The summed E-state index contributed by atoms with van der Waals surface area (Å²) in [5, 5.41) is 5.60. The van der Waals surface area contributed by atoms with Crippen molar-refractivity contribution < 1.29 is 4.42 Å². The van der Waals surface area contributed by atoms with Crippen LogP contribution in [-0.4, -0.2) is 4.98 Å². The Hall–Kier alpha value is -8.53. The van der Waals surface area contributed by atoms with E-state index in [1.807, 2.05) is 12.1 Å². The van der Waals surface area contributed by atoms with E-state index in [1.54, 1.807) is 0 Å². The van der Waals surface area contributed by atoms with Gasteiger partial charge >= 0.3 is 0 Å². The Morgan fingerprint density at radius 3 is 1.60 bits per heavy atom. The Balaban J connectivity index is 0.995. The van der Waals surface area contributed by atoms with Crippen molar-refractivity contribution in [3.8, 4) is 33.5 Å². The highest BCUT2D eigenvalue weighted by Gasteiger charge is 2.46. The molecule has 0 radical (unpaired) electrons. The topological polar surface area (TPSA) is 29.3 Å². The molecule has 0 bridgehead atoms. The fraction of sp³-hybridized carbons (Fsp3) is 0.0161. The molecule has 1 aliphatic carbocycles. The third-order valence-electron chi connectivity index (χ3n) is 13.5. The van der Waals surface area contributed by atoms with Gasteiger partial charge in [-0.05, 0) is 104 Å². The molecule has 12 aromatic rings. The highest BCUT2D eigenvalue weighted by atomic mass is 16.3. The number of para-hydroxylation sites is 1. The zero-order chi connectivity index (χ0) is 42.9. The molecule has 2 heterocycles. The second-order valence-corrected chi connectivity index (χ2v) is 17.0. The van der Waals surface area contributed by atoms with Gasteiger partial charge in [-0.1, -0.05) is 188 Å². The molecular weight excluding hydrogens is 789 g/mol. The molecule has 1 aliphatic rings. The number of benzene rings is 10. The maximum Gasteiger partial charge on any atom is 0.136 e. The molecule has 0 amide bonds. The van der Waals surface area contributed by atoms with Crippen LogP contribution in [0.3, 0.4) is 0 Å². The summed E-state index contributed by atoms with van der Waals surface area (Å²) < 4.78 is 6.33. The van der Waals surface area contributed by atoms with Crippen molar-refractivity contribution in [1.29, 1.82) is 0 Å². The van der Waals surface area contributed by atoms with E-state index in [4.69, 9.17) is 9.40 Å². The Kier molecular flexibility index (Phi) is 8.44. The van der Waals surface area contributed by atoms with Crippen LogP contribution in [0.5, 0.6) is 0 Å². The predicted octanol–water partition coefficient (Wildman–Crippen LogP) is 16.5. The summed E-state index contributed by atoms with van der Waals surface area (Å²) in [6.45, 7) is 0. The summed E-state index contributed by atoms with van der Waals surface area (Å²) in [6.07, 6.45) is 0. The Morgan fingerprint density at radius 2 is 0.892 bits per heavy atom. The van der Waals surface area contributed by atoms with Crippen molar-refractivity contribution in [1.82, 2.24) is 4.98 Å². The standard InChI is InChI=1S/C62H40N2O/c1-4-16-41(17-5-1)42-28-32-46(33-29-42)64(48-36-37-50-49-22-12-14-26-54(49)62(55(50)40-48,44-18-6-2-7-19-44)45-20-8-3-9-21-45)47-34-30-43(31-35-47)61-52-24-11-10-23-51(52)59-56(63-61)38-39-58-60(59)53-25-13-15-27-57(53)65-58/h1-40H. The molecule has 0 spiro atoms. The van der Waals surface area contributed by atoms with Crippen molar-refractivity contribution >= 4 is 60.7 Å². The first-order valence-corrected chi connectivity index (χ1v) is 22.3. The number of fused-ring (bicyclic) bond motifs is 10. The molecule has 10 aromatic carbocycles. The first-order valence-electron chi connectivity index (χ1n) is 22.3. The largest absolute Gasteiger partial charge is 0.456 e. The molecule has 0 fully saturated rings. The molecule has 0 saturated heterocycles. The van der Waals surface area contributed by atoms with Crippen molar-refractivity contribution in [3.63, 3.8) is 0 Å². The lowest BCUT2D eigenvalue weighted by atomic mass is 9.67. The lowest BCUT2D eigenvalue weighted by Gasteiger charge is -2.35. The number of aromatic nitrogens is 1. The maximum absolute atomic E-state index is 6.33. The second kappa shape index (κ2) is 14.8. The van der Waals surface area contributed by atoms with Crippen LogP contribution in [0.4, 0.5) is 17.1 Å². The van der Waals surface area contributed by atoms with Crippen molar-refractivity contribution in [2.24, 2.45) is 0 Å². The maximum atomic E-state index is 6.33. The lowest BCUT2D eigenvalue weighted by Crippen LogP contribution is -2.28. The quantitative estimate of drug-likeness (QED) is 0.150. The molecule has 2 aromatic heterocycles. The van der Waals surface area contributed by atoms with Crippen LogP contribution >= 0.6 is 0 Å². The van der Waals surface area contributed by atoms with E-state index >= 15 is 0 Å². The van der Waals surface area contributed by atoms with Gasteiger partial charge in [0, 0.05) is 44.2 Å². The average Bonchev–Trinajstić information content (AvgIpc) is 3.91. The Bertz CT molecular complexity index is 3710. The predicted molar refractivity (Wildman–Crippen MR) is 269 cm³/mol. The van der Waals surface area contributed by atoms with Gasteiger partial charge in [-0.2, -0.15) is 0 Å². The molecule has 3 nitrogen and oxygen atoms in total. The van der Waals surface area contributed by atoms with E-state index in [1.165, 1.54) is 44.5 Å². The first-order chi connectivity index (χ1) is 32.2. The molecular formula is C62H40N2O. The van der Waals surface area contributed by atoms with Gasteiger partial charge in [-0.25, -0.2) is 4.98 Å². The monoisotopic (exact) mass is 828 g/mol. The minimum absolute atomic E-state index is 0.520. The van der Waals surface area contributed by atoms with Gasteiger partial charge in [0.25, 0.3) is 0 Å². The van der Waals surface area contributed by atoms with Gasteiger partial charge in [0.15, 0.2) is 0 Å². The van der Waals surface area contributed by atoms with Gasteiger partial charge in [0.05, 0.1) is 16.6 Å². The number of hydrogen-bond acceptors (Lipinski definition) is 3. The summed E-state index contributed by atoms with van der Waals surface area (Å²) in [7, 11) is 0. The van der Waals surface area contributed by atoms with Crippen LogP contribution in [0.2, 0.25) is 0 Å². The smallest absolute Gasteiger partial charge is 0.136 e. The van der Waals surface area contributed by atoms with E-state index in [-0.39, 0.29) is 0 Å². The highest BCUT2D eigenvalue weighted by molar-refractivity contribution is 6.27. The number of hydrogen-bond donors (Lipinski definition) is 0. The van der Waals surface area contributed by atoms with Crippen molar-refractivity contribution in [3.05, 3.63) is 265 Å². The minimum Gasteiger partial charge on any atom is -0.456 e. The summed E-state index contributed by atoms with van der Waals surface area (Å²) >= 11 is 0. The van der Waals surface area contributed by atoms with Crippen LogP contribution in [0, 0.1) is 0 Å². The van der Waals surface area contributed by atoms with E-state index in [0.717, 1.165) is 71.9 Å². The van der Waals surface area contributed by atoms with Crippen molar-refractivity contribution in [2.75, 3.05) is 4.90 Å². The molecule has 0 saturated carbocycles. The SMILES string of the molecule is c1ccc(-c2ccc(N(c3ccc(-c4nc5ccc6oc7ccccc7c6c5c5ccccc45)cc3)c3ccc4c(c3)C(c3ccccc3)(c3ccccc3)c3ccccc3-4)cc2)cc1. The fourth-order valence-electron chi connectivity index (χ4n) is 10.7. The third-order valence-corrected chi connectivity index (χ3v) is 13.5. The summed E-state index contributed by atoms with van der Waals surface area (Å²) in [6, 6.07) is 87.7. The molecule has 3 heteroatoms. The lowest BCUT2D eigenvalue weighted by molar-refractivity contribution is 0.669. The number of rotatable bonds is 7. The first kappa shape index (κ1) is 37.1. The number of pyridine rings is 1. The molecule has 0 unspecified atom stereocenters. The number of nitrogens with zero attached hydrogens (tertiary/aromatic N) is 2. The van der Waals surface area contributed by atoms with Crippen LogP contribution in [-0.2, 0) is 5.41 Å². The van der Waals surface area contributed by atoms with Crippen LogP contribution in [0.25, 0.3) is 77.1 Å². The van der Waals surface area contributed by atoms with Crippen molar-refractivity contribution in [2.45, 2.75) is 5.41 Å². The van der Waals surface area contributed by atoms with E-state index in [0.29, 0.717) is 0 Å². The zero-order valence-corrected chi connectivity index (χ0v) is 35.4. The van der Waals surface area contributed by atoms with Crippen LogP contribution in [0.1, 0.15) is 22.3 Å². The molecule has 304 valence electrons. The highest BCUT2D eigenvalue weighted by Crippen LogP contribution is 2.57. The van der Waals surface area contributed by atoms with Crippen LogP contribution in [0.15, 0.2) is 247 Å². The minimum atomic E-state index is -0.520.